The number of nitrogens with zero attached hydrogens (tertiary/aromatic N) is 1. The molecule has 0 amide bonds. The summed E-state index contributed by atoms with van der Waals surface area (Å²) in [4.78, 5) is 2.46. The standard InChI is InChI=1S/C16H25BrN2/c1-18-16-10-6-4-8-14(16)12-19(2)11-13-7-3-5-9-15(13)17/h3,5,7,9,14,16,18H,4,6,8,10-12H2,1-2H3. The Kier molecular flexibility index (Phi) is 5.86. The van der Waals surface area contributed by atoms with Gasteiger partial charge < -0.3 is 10.2 Å². The fourth-order valence-electron chi connectivity index (χ4n) is 3.19. The summed E-state index contributed by atoms with van der Waals surface area (Å²) in [5.74, 6) is 0.797. The van der Waals surface area contributed by atoms with Gasteiger partial charge in [-0.2, -0.15) is 0 Å². The summed E-state index contributed by atoms with van der Waals surface area (Å²) in [7, 11) is 4.34. The van der Waals surface area contributed by atoms with Crippen LogP contribution in [-0.2, 0) is 6.54 Å². The first-order chi connectivity index (χ1) is 9.20. The van der Waals surface area contributed by atoms with E-state index in [-0.39, 0.29) is 0 Å². The third-order valence-electron chi connectivity index (χ3n) is 4.22. The first kappa shape index (κ1) is 15.0. The number of hydrogen-bond donors (Lipinski definition) is 1. The summed E-state index contributed by atoms with van der Waals surface area (Å²) in [5.41, 5.74) is 1.38. The maximum Gasteiger partial charge on any atom is 0.0242 e. The van der Waals surface area contributed by atoms with Gasteiger partial charge in [-0.15, -0.1) is 0 Å². The number of benzene rings is 1. The van der Waals surface area contributed by atoms with Gasteiger partial charge in [0.1, 0.15) is 0 Å². The van der Waals surface area contributed by atoms with E-state index in [2.05, 4.69) is 64.5 Å². The van der Waals surface area contributed by atoms with E-state index in [4.69, 9.17) is 0 Å². The zero-order chi connectivity index (χ0) is 13.7. The maximum absolute atomic E-state index is 3.64. The molecule has 0 bridgehead atoms. The molecule has 1 aliphatic carbocycles. The van der Waals surface area contributed by atoms with E-state index in [1.165, 1.54) is 42.3 Å². The second kappa shape index (κ2) is 7.41. The van der Waals surface area contributed by atoms with Crippen LogP contribution >= 0.6 is 15.9 Å². The molecule has 1 fully saturated rings. The van der Waals surface area contributed by atoms with Gasteiger partial charge >= 0.3 is 0 Å². The van der Waals surface area contributed by atoms with Crippen molar-refractivity contribution < 1.29 is 0 Å². The van der Waals surface area contributed by atoms with Gasteiger partial charge in [0.05, 0.1) is 0 Å². The van der Waals surface area contributed by atoms with Crippen molar-refractivity contribution in [1.29, 1.82) is 0 Å². The zero-order valence-corrected chi connectivity index (χ0v) is 13.6. The highest BCUT2D eigenvalue weighted by molar-refractivity contribution is 9.10. The molecule has 0 saturated heterocycles. The average molecular weight is 325 g/mol. The van der Waals surface area contributed by atoms with Crippen LogP contribution in [0.5, 0.6) is 0 Å². The van der Waals surface area contributed by atoms with Crippen LogP contribution < -0.4 is 5.32 Å². The van der Waals surface area contributed by atoms with E-state index in [1.54, 1.807) is 0 Å². The molecule has 2 unspecified atom stereocenters. The minimum atomic E-state index is 0.704. The molecule has 3 heteroatoms. The maximum atomic E-state index is 3.64. The van der Waals surface area contributed by atoms with Crippen molar-refractivity contribution in [3.8, 4) is 0 Å². The largest absolute Gasteiger partial charge is 0.317 e. The van der Waals surface area contributed by atoms with Crippen LogP contribution in [-0.4, -0.2) is 31.6 Å². The quantitative estimate of drug-likeness (QED) is 0.889. The summed E-state index contributed by atoms with van der Waals surface area (Å²) in [5, 5.41) is 3.50. The van der Waals surface area contributed by atoms with E-state index in [0.717, 1.165) is 12.5 Å². The summed E-state index contributed by atoms with van der Waals surface area (Å²) >= 11 is 3.64. The molecule has 106 valence electrons. The minimum Gasteiger partial charge on any atom is -0.317 e. The topological polar surface area (TPSA) is 15.3 Å². The van der Waals surface area contributed by atoms with E-state index in [9.17, 15) is 0 Å². The molecule has 0 spiro atoms. The van der Waals surface area contributed by atoms with Gasteiger partial charge in [0.15, 0.2) is 0 Å². The fraction of sp³-hybridized carbons (Fsp3) is 0.625. The molecule has 2 nitrogen and oxygen atoms in total. The van der Waals surface area contributed by atoms with E-state index < -0.39 is 0 Å². The van der Waals surface area contributed by atoms with Crippen molar-refractivity contribution in [2.75, 3.05) is 20.6 Å². The molecule has 0 radical (unpaired) electrons. The number of nitrogens with one attached hydrogen (secondary N) is 1. The van der Waals surface area contributed by atoms with Crippen LogP contribution in [0.1, 0.15) is 31.2 Å². The molecule has 1 aromatic rings. The SMILES string of the molecule is CNC1CCCCC1CN(C)Cc1ccccc1Br. The lowest BCUT2D eigenvalue weighted by Gasteiger charge is -2.34. The Morgan fingerprint density at radius 2 is 2.00 bits per heavy atom. The van der Waals surface area contributed by atoms with Crippen molar-refractivity contribution in [1.82, 2.24) is 10.2 Å². The first-order valence-electron chi connectivity index (χ1n) is 7.30. The van der Waals surface area contributed by atoms with Gasteiger partial charge in [0.2, 0.25) is 0 Å². The van der Waals surface area contributed by atoms with Crippen LogP contribution in [0.2, 0.25) is 0 Å². The molecule has 0 aliphatic heterocycles. The molecule has 0 aromatic heterocycles. The van der Waals surface area contributed by atoms with Crippen LogP contribution in [0.25, 0.3) is 0 Å². The lowest BCUT2D eigenvalue weighted by atomic mass is 9.84. The fourth-order valence-corrected chi connectivity index (χ4v) is 3.60. The highest BCUT2D eigenvalue weighted by atomic mass is 79.9. The third kappa shape index (κ3) is 4.30. The number of halogens is 1. The van der Waals surface area contributed by atoms with Crippen molar-refractivity contribution in [2.24, 2.45) is 5.92 Å². The second-order valence-corrected chi connectivity index (χ2v) is 6.58. The minimum absolute atomic E-state index is 0.704. The van der Waals surface area contributed by atoms with Crippen molar-refractivity contribution in [3.05, 3.63) is 34.3 Å². The van der Waals surface area contributed by atoms with Crippen LogP contribution in [0.3, 0.4) is 0 Å². The Labute approximate surface area is 125 Å². The predicted octanol–water partition coefficient (Wildman–Crippen LogP) is 3.66. The normalized spacial score (nSPS) is 23.8. The Bertz CT molecular complexity index is 394. The highest BCUT2D eigenvalue weighted by Crippen LogP contribution is 2.25. The Morgan fingerprint density at radius 3 is 2.74 bits per heavy atom. The average Bonchev–Trinajstić information content (AvgIpc) is 2.42. The lowest BCUT2D eigenvalue weighted by Crippen LogP contribution is -2.41. The molecular formula is C16H25BrN2. The van der Waals surface area contributed by atoms with Crippen molar-refractivity contribution in [2.45, 2.75) is 38.3 Å². The van der Waals surface area contributed by atoms with Gasteiger partial charge in [-0.3, -0.25) is 0 Å². The van der Waals surface area contributed by atoms with Crippen molar-refractivity contribution in [3.63, 3.8) is 0 Å². The van der Waals surface area contributed by atoms with Gasteiger partial charge in [-0.1, -0.05) is 47.0 Å². The molecular weight excluding hydrogens is 300 g/mol. The summed E-state index contributed by atoms with van der Waals surface area (Å²) in [6.45, 7) is 2.21. The Morgan fingerprint density at radius 1 is 1.26 bits per heavy atom. The number of rotatable bonds is 5. The van der Waals surface area contributed by atoms with Gasteiger partial charge in [-0.05, 0) is 44.5 Å². The van der Waals surface area contributed by atoms with E-state index >= 15 is 0 Å². The highest BCUT2D eigenvalue weighted by Gasteiger charge is 2.24. The Balaban J connectivity index is 1.90. The summed E-state index contributed by atoms with van der Waals surface area (Å²) in [6.07, 6.45) is 5.48. The molecule has 2 atom stereocenters. The van der Waals surface area contributed by atoms with Gasteiger partial charge in [0.25, 0.3) is 0 Å². The van der Waals surface area contributed by atoms with Gasteiger partial charge in [-0.25, -0.2) is 0 Å². The molecule has 1 saturated carbocycles. The molecule has 1 N–H and O–H groups in total. The molecule has 2 rings (SSSR count). The molecule has 0 heterocycles. The third-order valence-corrected chi connectivity index (χ3v) is 5.00. The van der Waals surface area contributed by atoms with E-state index in [0.29, 0.717) is 6.04 Å². The summed E-state index contributed by atoms with van der Waals surface area (Å²) in [6, 6.07) is 9.23. The summed E-state index contributed by atoms with van der Waals surface area (Å²) < 4.78 is 1.22. The molecule has 1 aliphatic rings. The molecule has 19 heavy (non-hydrogen) atoms. The zero-order valence-electron chi connectivity index (χ0n) is 12.0. The van der Waals surface area contributed by atoms with Crippen molar-refractivity contribution >= 4 is 15.9 Å². The smallest absolute Gasteiger partial charge is 0.0242 e. The second-order valence-electron chi connectivity index (χ2n) is 5.73. The van der Waals surface area contributed by atoms with Gasteiger partial charge in [0, 0.05) is 23.6 Å². The van der Waals surface area contributed by atoms with Crippen LogP contribution in [0.15, 0.2) is 28.7 Å². The molecule has 1 aromatic carbocycles. The predicted molar refractivity (Wildman–Crippen MR) is 85.3 cm³/mol. The van der Waals surface area contributed by atoms with E-state index in [1.807, 2.05) is 0 Å². The van der Waals surface area contributed by atoms with Crippen LogP contribution in [0, 0.1) is 5.92 Å². The Hall–Kier alpha value is -0.380. The number of hydrogen-bond acceptors (Lipinski definition) is 2. The monoisotopic (exact) mass is 324 g/mol. The lowest BCUT2D eigenvalue weighted by molar-refractivity contribution is 0.190. The van der Waals surface area contributed by atoms with Crippen LogP contribution in [0.4, 0.5) is 0 Å². The first-order valence-corrected chi connectivity index (χ1v) is 8.09.